The Bertz CT molecular complexity index is 672. The summed E-state index contributed by atoms with van der Waals surface area (Å²) in [6.07, 6.45) is 1.55. The lowest BCUT2D eigenvalue weighted by atomic mass is 10.1. The number of rotatable bonds is 3. The van der Waals surface area contributed by atoms with E-state index in [2.05, 4.69) is 4.98 Å². The number of amides is 1. The quantitative estimate of drug-likeness (QED) is 0.944. The van der Waals surface area contributed by atoms with E-state index in [1.165, 1.54) is 0 Å². The molecule has 1 amide bonds. The molecule has 0 radical (unpaired) electrons. The minimum Gasteiger partial charge on any atom is -0.397 e. The summed E-state index contributed by atoms with van der Waals surface area (Å²) >= 11 is 6.20. The van der Waals surface area contributed by atoms with E-state index in [0.717, 1.165) is 5.56 Å². The highest BCUT2D eigenvalue weighted by Crippen LogP contribution is 2.27. The van der Waals surface area contributed by atoms with Crippen molar-refractivity contribution in [3.63, 3.8) is 0 Å². The first-order chi connectivity index (χ1) is 9.91. The van der Waals surface area contributed by atoms with Gasteiger partial charge in [0.15, 0.2) is 0 Å². The molecule has 2 aromatic rings. The van der Waals surface area contributed by atoms with Crippen molar-refractivity contribution < 1.29 is 4.79 Å². The van der Waals surface area contributed by atoms with E-state index < -0.39 is 0 Å². The molecule has 1 heterocycles. The molecule has 0 aliphatic carbocycles. The van der Waals surface area contributed by atoms with Crippen LogP contribution >= 0.6 is 11.6 Å². The molecule has 0 saturated carbocycles. The molecular weight excluding hydrogens is 286 g/mol. The van der Waals surface area contributed by atoms with E-state index in [9.17, 15) is 4.79 Å². The Balaban J connectivity index is 2.31. The maximum absolute atomic E-state index is 12.6. The number of hydrogen-bond donors (Lipinski definition) is 1. The van der Waals surface area contributed by atoms with Gasteiger partial charge in [0.1, 0.15) is 0 Å². The first kappa shape index (κ1) is 15.3. The highest BCUT2D eigenvalue weighted by molar-refractivity contribution is 6.31. The van der Waals surface area contributed by atoms with Crippen molar-refractivity contribution in [2.45, 2.75) is 19.9 Å². The molecule has 1 unspecified atom stereocenters. The van der Waals surface area contributed by atoms with Gasteiger partial charge in [-0.1, -0.05) is 29.8 Å². The summed E-state index contributed by atoms with van der Waals surface area (Å²) in [4.78, 5) is 18.4. The average Bonchev–Trinajstić information content (AvgIpc) is 2.48. The number of carbonyl (C=O) groups excluding carboxylic acids is 1. The first-order valence-electron chi connectivity index (χ1n) is 6.65. The van der Waals surface area contributed by atoms with Gasteiger partial charge in [-0.15, -0.1) is 0 Å². The Hall–Kier alpha value is -2.07. The van der Waals surface area contributed by atoms with Crippen molar-refractivity contribution in [2.75, 3.05) is 12.8 Å². The van der Waals surface area contributed by atoms with E-state index in [-0.39, 0.29) is 11.9 Å². The molecule has 1 aromatic carbocycles. The third-order valence-corrected chi connectivity index (χ3v) is 3.94. The van der Waals surface area contributed by atoms with Crippen LogP contribution in [0.5, 0.6) is 0 Å². The van der Waals surface area contributed by atoms with Crippen molar-refractivity contribution in [1.82, 2.24) is 9.88 Å². The zero-order valence-corrected chi connectivity index (χ0v) is 13.1. The molecular formula is C16H18ClN3O. The molecule has 1 aromatic heterocycles. The number of benzene rings is 1. The molecule has 4 nitrogen and oxygen atoms in total. The summed E-state index contributed by atoms with van der Waals surface area (Å²) in [5.74, 6) is -0.125. The Kier molecular flexibility index (Phi) is 4.48. The minimum absolute atomic E-state index is 0.125. The van der Waals surface area contributed by atoms with Crippen molar-refractivity contribution in [3.8, 4) is 0 Å². The molecule has 0 bridgehead atoms. The molecule has 21 heavy (non-hydrogen) atoms. The molecule has 5 heteroatoms. The van der Waals surface area contributed by atoms with Crippen LogP contribution in [0.2, 0.25) is 5.02 Å². The van der Waals surface area contributed by atoms with E-state index in [0.29, 0.717) is 22.0 Å². The van der Waals surface area contributed by atoms with Crippen molar-refractivity contribution in [3.05, 3.63) is 58.4 Å². The molecule has 1 atom stereocenters. The van der Waals surface area contributed by atoms with Crippen LogP contribution in [-0.2, 0) is 0 Å². The van der Waals surface area contributed by atoms with Gasteiger partial charge >= 0.3 is 0 Å². The van der Waals surface area contributed by atoms with Crippen LogP contribution in [0.25, 0.3) is 0 Å². The second-order valence-corrected chi connectivity index (χ2v) is 5.42. The van der Waals surface area contributed by atoms with Crippen LogP contribution in [0.3, 0.4) is 0 Å². The van der Waals surface area contributed by atoms with Crippen molar-refractivity contribution in [1.29, 1.82) is 0 Å². The Morgan fingerprint density at radius 1 is 1.38 bits per heavy atom. The summed E-state index contributed by atoms with van der Waals surface area (Å²) in [7, 11) is 1.75. The van der Waals surface area contributed by atoms with Crippen LogP contribution < -0.4 is 5.73 Å². The minimum atomic E-state index is -0.146. The van der Waals surface area contributed by atoms with Gasteiger partial charge in [0, 0.05) is 12.1 Å². The first-order valence-corrected chi connectivity index (χ1v) is 7.03. The molecule has 2 N–H and O–H groups in total. The number of halogens is 1. The lowest BCUT2D eigenvalue weighted by Gasteiger charge is -2.26. The van der Waals surface area contributed by atoms with Gasteiger partial charge in [0.2, 0.25) is 0 Å². The van der Waals surface area contributed by atoms with Gasteiger partial charge in [0.25, 0.3) is 5.91 Å². The molecule has 0 spiro atoms. The van der Waals surface area contributed by atoms with Gasteiger partial charge in [-0.05, 0) is 31.5 Å². The Labute approximate surface area is 129 Å². The number of nitrogens with zero attached hydrogens (tertiary/aromatic N) is 2. The van der Waals surface area contributed by atoms with E-state index in [1.807, 2.05) is 31.2 Å². The number of nitrogens with two attached hydrogens (primary N) is 1. The topological polar surface area (TPSA) is 59.2 Å². The summed E-state index contributed by atoms with van der Waals surface area (Å²) in [6, 6.07) is 9.02. The zero-order valence-electron chi connectivity index (χ0n) is 12.3. The fourth-order valence-corrected chi connectivity index (χ4v) is 2.45. The lowest BCUT2D eigenvalue weighted by Crippen LogP contribution is -2.30. The van der Waals surface area contributed by atoms with Gasteiger partial charge < -0.3 is 10.6 Å². The van der Waals surface area contributed by atoms with Crippen LogP contribution in [0.4, 0.5) is 5.69 Å². The standard InChI is InChI=1S/C16H18ClN3O/c1-10-14(8-12(18)9-19-10)16(21)20(3)11(2)13-6-4-5-7-15(13)17/h4-9,11H,18H2,1-3H3. The second kappa shape index (κ2) is 6.14. The summed E-state index contributed by atoms with van der Waals surface area (Å²) in [5.41, 5.74) is 8.27. The number of pyridine rings is 1. The highest BCUT2D eigenvalue weighted by Gasteiger charge is 2.22. The van der Waals surface area contributed by atoms with Crippen LogP contribution in [0, 0.1) is 6.92 Å². The van der Waals surface area contributed by atoms with Crippen LogP contribution in [0.1, 0.15) is 34.6 Å². The van der Waals surface area contributed by atoms with E-state index in [1.54, 1.807) is 31.1 Å². The average molecular weight is 304 g/mol. The summed E-state index contributed by atoms with van der Waals surface area (Å²) in [5, 5.41) is 0.645. The number of anilines is 1. The SMILES string of the molecule is Cc1ncc(N)cc1C(=O)N(C)C(C)c1ccccc1Cl. The largest absolute Gasteiger partial charge is 0.397 e. The number of aryl methyl sites for hydroxylation is 1. The number of nitrogen functional groups attached to an aromatic ring is 1. The van der Waals surface area contributed by atoms with Crippen molar-refractivity contribution >= 4 is 23.2 Å². The lowest BCUT2D eigenvalue weighted by molar-refractivity contribution is 0.0741. The summed E-state index contributed by atoms with van der Waals surface area (Å²) < 4.78 is 0. The maximum Gasteiger partial charge on any atom is 0.256 e. The van der Waals surface area contributed by atoms with E-state index >= 15 is 0 Å². The van der Waals surface area contributed by atoms with Gasteiger partial charge in [0.05, 0.1) is 29.2 Å². The normalized spacial score (nSPS) is 12.0. The molecule has 2 rings (SSSR count). The number of aromatic nitrogens is 1. The predicted octanol–water partition coefficient (Wildman–Crippen LogP) is 3.46. The smallest absolute Gasteiger partial charge is 0.256 e. The van der Waals surface area contributed by atoms with Gasteiger partial charge in [-0.3, -0.25) is 9.78 Å². The predicted molar refractivity (Wildman–Crippen MR) is 85.3 cm³/mol. The zero-order chi connectivity index (χ0) is 15.6. The Morgan fingerprint density at radius 2 is 2.05 bits per heavy atom. The summed E-state index contributed by atoms with van der Waals surface area (Å²) in [6.45, 7) is 3.73. The number of carbonyl (C=O) groups is 1. The molecule has 0 saturated heterocycles. The molecule has 110 valence electrons. The third-order valence-electron chi connectivity index (χ3n) is 3.60. The Morgan fingerprint density at radius 3 is 2.71 bits per heavy atom. The molecule has 0 aliphatic rings. The fraction of sp³-hybridized carbons (Fsp3) is 0.250. The molecule has 0 aliphatic heterocycles. The molecule has 0 fully saturated rings. The van der Waals surface area contributed by atoms with E-state index in [4.69, 9.17) is 17.3 Å². The van der Waals surface area contributed by atoms with Gasteiger partial charge in [-0.2, -0.15) is 0 Å². The third kappa shape index (κ3) is 3.16. The fourth-order valence-electron chi connectivity index (χ4n) is 2.15. The van der Waals surface area contributed by atoms with Gasteiger partial charge in [-0.25, -0.2) is 0 Å². The monoisotopic (exact) mass is 303 g/mol. The maximum atomic E-state index is 12.6. The highest BCUT2D eigenvalue weighted by atomic mass is 35.5. The van der Waals surface area contributed by atoms with Crippen LogP contribution in [0.15, 0.2) is 36.5 Å². The van der Waals surface area contributed by atoms with Crippen molar-refractivity contribution in [2.24, 2.45) is 0 Å². The van der Waals surface area contributed by atoms with Crippen LogP contribution in [-0.4, -0.2) is 22.8 Å². The second-order valence-electron chi connectivity index (χ2n) is 5.02. The number of hydrogen-bond acceptors (Lipinski definition) is 3.